The summed E-state index contributed by atoms with van der Waals surface area (Å²) in [5, 5.41) is 13.9. The molecular weight excluding hydrogens is 232 g/mol. The van der Waals surface area contributed by atoms with Crippen LogP contribution in [0.5, 0.6) is 0 Å². The fraction of sp³-hybridized carbons (Fsp3) is 0.615. The molecule has 0 aromatic carbocycles. The summed E-state index contributed by atoms with van der Waals surface area (Å²) in [5.41, 5.74) is -0.169. The van der Waals surface area contributed by atoms with Crippen LogP contribution in [0.1, 0.15) is 26.7 Å². The van der Waals surface area contributed by atoms with Crippen LogP contribution in [0.4, 0.5) is 0 Å². The molecule has 1 rings (SSSR count). The van der Waals surface area contributed by atoms with Crippen LogP contribution < -0.4 is 5.32 Å². The molecule has 2 N–H and O–H groups in total. The van der Waals surface area contributed by atoms with E-state index < -0.39 is 0 Å². The maximum Gasteiger partial charge on any atom is 0.0959 e. The molecule has 3 nitrogen and oxygen atoms in total. The van der Waals surface area contributed by atoms with Gasteiger partial charge in [-0.25, -0.2) is 4.98 Å². The standard InChI is InChI=1S/C13H22N2OS/c1-3-8-15-13(2,11-16)7-10-17-12-6-4-5-9-14-12/h4-6,9,15-16H,3,7-8,10-11H2,1-2H3. The minimum absolute atomic E-state index is 0.169. The van der Waals surface area contributed by atoms with Crippen LogP contribution in [0, 0.1) is 0 Å². The van der Waals surface area contributed by atoms with Gasteiger partial charge in [0.05, 0.1) is 11.6 Å². The summed E-state index contributed by atoms with van der Waals surface area (Å²) in [5.74, 6) is 0.963. The van der Waals surface area contributed by atoms with Gasteiger partial charge in [0.1, 0.15) is 0 Å². The number of pyridine rings is 1. The van der Waals surface area contributed by atoms with Crippen LogP contribution >= 0.6 is 11.8 Å². The average Bonchev–Trinajstić information content (AvgIpc) is 2.38. The first-order valence-corrected chi connectivity index (χ1v) is 7.08. The summed E-state index contributed by atoms with van der Waals surface area (Å²) >= 11 is 1.73. The van der Waals surface area contributed by atoms with Gasteiger partial charge in [0.25, 0.3) is 0 Å². The van der Waals surface area contributed by atoms with Gasteiger partial charge >= 0.3 is 0 Å². The molecule has 0 aliphatic heterocycles. The number of aromatic nitrogens is 1. The number of nitrogens with one attached hydrogen (secondary N) is 1. The third-order valence-electron chi connectivity index (χ3n) is 2.69. The smallest absolute Gasteiger partial charge is 0.0959 e. The number of aliphatic hydroxyl groups excluding tert-OH is 1. The van der Waals surface area contributed by atoms with Gasteiger partial charge in [-0.2, -0.15) is 0 Å². The Labute approximate surface area is 108 Å². The molecule has 1 atom stereocenters. The summed E-state index contributed by atoms with van der Waals surface area (Å²) in [6, 6.07) is 5.93. The highest BCUT2D eigenvalue weighted by atomic mass is 32.2. The number of nitrogens with zero attached hydrogens (tertiary/aromatic N) is 1. The molecule has 96 valence electrons. The first-order valence-electron chi connectivity index (χ1n) is 6.10. The van der Waals surface area contributed by atoms with E-state index in [1.54, 1.807) is 11.8 Å². The Morgan fingerprint density at radius 2 is 2.29 bits per heavy atom. The fourth-order valence-electron chi connectivity index (χ4n) is 1.46. The largest absolute Gasteiger partial charge is 0.394 e. The SMILES string of the molecule is CCCNC(C)(CO)CCSc1ccccn1. The van der Waals surface area contributed by atoms with Gasteiger partial charge < -0.3 is 10.4 Å². The van der Waals surface area contributed by atoms with Crippen LogP contribution in [0.15, 0.2) is 29.4 Å². The lowest BCUT2D eigenvalue weighted by molar-refractivity contribution is 0.171. The van der Waals surface area contributed by atoms with E-state index in [2.05, 4.69) is 24.1 Å². The van der Waals surface area contributed by atoms with Crippen molar-refractivity contribution in [3.05, 3.63) is 24.4 Å². The van der Waals surface area contributed by atoms with E-state index in [1.807, 2.05) is 24.4 Å². The predicted molar refractivity (Wildman–Crippen MR) is 73.4 cm³/mol. The minimum Gasteiger partial charge on any atom is -0.394 e. The third-order valence-corrected chi connectivity index (χ3v) is 3.64. The van der Waals surface area contributed by atoms with Crippen molar-refractivity contribution in [1.29, 1.82) is 0 Å². The van der Waals surface area contributed by atoms with Gasteiger partial charge in [0.15, 0.2) is 0 Å². The van der Waals surface area contributed by atoms with Crippen molar-refractivity contribution >= 4 is 11.8 Å². The van der Waals surface area contributed by atoms with E-state index in [9.17, 15) is 5.11 Å². The Bertz CT molecular complexity index is 308. The van der Waals surface area contributed by atoms with Crippen LogP contribution in [0.2, 0.25) is 0 Å². The molecule has 4 heteroatoms. The summed E-state index contributed by atoms with van der Waals surface area (Å²) in [6.45, 7) is 5.33. The van der Waals surface area contributed by atoms with E-state index in [0.717, 1.165) is 30.2 Å². The molecule has 0 saturated heterocycles. The Hall–Kier alpha value is -0.580. The number of rotatable bonds is 8. The highest BCUT2D eigenvalue weighted by molar-refractivity contribution is 7.99. The van der Waals surface area contributed by atoms with Crippen molar-refractivity contribution in [2.75, 3.05) is 18.9 Å². The molecule has 0 saturated carbocycles. The van der Waals surface area contributed by atoms with Crippen molar-refractivity contribution < 1.29 is 5.11 Å². The zero-order valence-electron chi connectivity index (χ0n) is 10.6. The summed E-state index contributed by atoms with van der Waals surface area (Å²) in [7, 11) is 0. The average molecular weight is 254 g/mol. The molecule has 17 heavy (non-hydrogen) atoms. The molecule has 1 aromatic rings. The zero-order chi connectivity index (χ0) is 12.6. The van der Waals surface area contributed by atoms with Crippen LogP contribution in [-0.2, 0) is 0 Å². The Kier molecular flexibility index (Phi) is 6.55. The molecule has 0 fully saturated rings. The fourth-order valence-corrected chi connectivity index (χ4v) is 2.54. The number of hydrogen-bond donors (Lipinski definition) is 2. The predicted octanol–water partition coefficient (Wildman–Crippen LogP) is 2.31. The van der Waals surface area contributed by atoms with E-state index in [0.29, 0.717) is 0 Å². The summed E-state index contributed by atoms with van der Waals surface area (Å²) < 4.78 is 0. The maximum absolute atomic E-state index is 9.42. The zero-order valence-corrected chi connectivity index (χ0v) is 11.5. The third kappa shape index (κ3) is 5.52. The number of thioether (sulfide) groups is 1. The van der Waals surface area contributed by atoms with Gasteiger partial charge in [-0.05, 0) is 38.4 Å². The summed E-state index contributed by atoms with van der Waals surface area (Å²) in [4.78, 5) is 4.27. The topological polar surface area (TPSA) is 45.1 Å². The van der Waals surface area contributed by atoms with Gasteiger partial charge in [-0.1, -0.05) is 13.0 Å². The highest BCUT2D eigenvalue weighted by Crippen LogP contribution is 2.19. The van der Waals surface area contributed by atoms with Crippen LogP contribution in [0.25, 0.3) is 0 Å². The molecule has 0 spiro atoms. The van der Waals surface area contributed by atoms with Crippen molar-refractivity contribution in [3.63, 3.8) is 0 Å². The van der Waals surface area contributed by atoms with Gasteiger partial charge in [0, 0.05) is 17.5 Å². The highest BCUT2D eigenvalue weighted by Gasteiger charge is 2.21. The number of hydrogen-bond acceptors (Lipinski definition) is 4. The Morgan fingerprint density at radius 1 is 1.47 bits per heavy atom. The Morgan fingerprint density at radius 3 is 2.88 bits per heavy atom. The molecule has 0 aliphatic rings. The van der Waals surface area contributed by atoms with Gasteiger partial charge in [-0.15, -0.1) is 11.8 Å². The number of aliphatic hydroxyl groups is 1. The summed E-state index contributed by atoms with van der Waals surface area (Å²) in [6.07, 6.45) is 3.83. The molecule has 0 aliphatic carbocycles. The van der Waals surface area contributed by atoms with Crippen molar-refractivity contribution in [2.24, 2.45) is 0 Å². The van der Waals surface area contributed by atoms with E-state index in [1.165, 1.54) is 0 Å². The second-order valence-electron chi connectivity index (χ2n) is 4.41. The first kappa shape index (κ1) is 14.5. The second-order valence-corrected chi connectivity index (χ2v) is 5.53. The van der Waals surface area contributed by atoms with Gasteiger partial charge in [-0.3, -0.25) is 0 Å². The maximum atomic E-state index is 9.42. The van der Waals surface area contributed by atoms with E-state index in [-0.39, 0.29) is 12.1 Å². The lowest BCUT2D eigenvalue weighted by Gasteiger charge is -2.28. The molecule has 0 radical (unpaired) electrons. The molecule has 1 heterocycles. The normalized spacial score (nSPS) is 14.5. The molecule has 0 amide bonds. The first-order chi connectivity index (χ1) is 8.20. The quantitative estimate of drug-likeness (QED) is 0.699. The van der Waals surface area contributed by atoms with Crippen molar-refractivity contribution in [2.45, 2.75) is 37.3 Å². The molecule has 1 unspecified atom stereocenters. The van der Waals surface area contributed by atoms with Crippen molar-refractivity contribution in [1.82, 2.24) is 10.3 Å². The van der Waals surface area contributed by atoms with E-state index >= 15 is 0 Å². The lowest BCUT2D eigenvalue weighted by atomic mass is 10.0. The minimum atomic E-state index is -0.169. The molecule has 0 bridgehead atoms. The van der Waals surface area contributed by atoms with Crippen LogP contribution in [-0.4, -0.2) is 34.5 Å². The lowest BCUT2D eigenvalue weighted by Crippen LogP contribution is -2.46. The second kappa shape index (κ2) is 7.69. The molecular formula is C13H22N2OS. The van der Waals surface area contributed by atoms with Gasteiger partial charge in [0.2, 0.25) is 0 Å². The Balaban J connectivity index is 2.32. The monoisotopic (exact) mass is 254 g/mol. The van der Waals surface area contributed by atoms with E-state index in [4.69, 9.17) is 0 Å². The van der Waals surface area contributed by atoms with Crippen molar-refractivity contribution in [3.8, 4) is 0 Å². The molecule has 1 aromatic heterocycles. The van der Waals surface area contributed by atoms with Crippen LogP contribution in [0.3, 0.4) is 0 Å².